The lowest BCUT2D eigenvalue weighted by molar-refractivity contribution is 0.403. The molecule has 0 aliphatic carbocycles. The fourth-order valence-corrected chi connectivity index (χ4v) is 4.53. The molecule has 2 rings (SSSR count). The molecule has 0 amide bonds. The number of anilines is 1. The van der Waals surface area contributed by atoms with E-state index in [9.17, 15) is 8.42 Å². The first-order valence-electron chi connectivity index (χ1n) is 5.90. The first-order valence-corrected chi connectivity index (χ1v) is 8.60. The van der Waals surface area contributed by atoms with E-state index in [1.807, 2.05) is 24.4 Å². The highest BCUT2D eigenvalue weighted by atomic mass is 35.5. The minimum Gasteiger partial charge on any atom is -0.399 e. The molecule has 1 aromatic heterocycles. The Bertz CT molecular complexity index is 699. The van der Waals surface area contributed by atoms with Gasteiger partial charge in [-0.05, 0) is 36.6 Å². The van der Waals surface area contributed by atoms with E-state index in [0.29, 0.717) is 5.69 Å². The summed E-state index contributed by atoms with van der Waals surface area (Å²) >= 11 is 7.51. The van der Waals surface area contributed by atoms with Crippen molar-refractivity contribution < 1.29 is 8.42 Å². The molecular weight excluding hydrogens is 316 g/mol. The minimum absolute atomic E-state index is 0.0325. The van der Waals surface area contributed by atoms with Crippen molar-refractivity contribution >= 4 is 38.6 Å². The van der Waals surface area contributed by atoms with Crippen LogP contribution in [0, 0.1) is 0 Å². The Labute approximate surface area is 127 Å². The predicted octanol–water partition coefficient (Wildman–Crippen LogP) is 3.37. The maximum atomic E-state index is 12.6. The number of rotatable bonds is 4. The van der Waals surface area contributed by atoms with Crippen LogP contribution in [0.15, 0.2) is 40.6 Å². The fraction of sp³-hybridized carbons (Fsp3) is 0.231. The number of thiophene rings is 1. The zero-order valence-electron chi connectivity index (χ0n) is 11.1. The molecule has 0 radical (unpaired) electrons. The number of hydrogen-bond donors (Lipinski definition) is 1. The van der Waals surface area contributed by atoms with Crippen LogP contribution in [0.1, 0.15) is 17.8 Å². The number of nitrogens with zero attached hydrogens (tertiary/aromatic N) is 1. The molecule has 1 heterocycles. The van der Waals surface area contributed by atoms with Crippen LogP contribution in [0.2, 0.25) is 5.02 Å². The van der Waals surface area contributed by atoms with Gasteiger partial charge in [0.05, 0.1) is 11.1 Å². The van der Waals surface area contributed by atoms with Crippen LogP contribution in [0.25, 0.3) is 0 Å². The van der Waals surface area contributed by atoms with Crippen molar-refractivity contribution in [2.24, 2.45) is 0 Å². The molecule has 1 atom stereocenters. The standard InChI is InChI=1S/C13H15ClN2O2S2/c1-9(12-4-3-7-19-12)16(2)20(17,18)13-8-10(15)5-6-11(13)14/h3-9H,15H2,1-2H3. The lowest BCUT2D eigenvalue weighted by Gasteiger charge is -2.24. The molecular formula is C13H15ClN2O2S2. The van der Waals surface area contributed by atoms with Gasteiger partial charge in [-0.1, -0.05) is 17.7 Å². The Morgan fingerprint density at radius 1 is 1.35 bits per heavy atom. The molecule has 108 valence electrons. The quantitative estimate of drug-likeness (QED) is 0.874. The number of sulfonamides is 1. The molecule has 0 saturated carbocycles. The summed E-state index contributed by atoms with van der Waals surface area (Å²) in [6, 6.07) is 7.98. The molecule has 7 heteroatoms. The van der Waals surface area contributed by atoms with Crippen molar-refractivity contribution in [1.82, 2.24) is 4.31 Å². The van der Waals surface area contributed by atoms with Gasteiger partial charge in [0.1, 0.15) is 4.90 Å². The normalized spacial score (nSPS) is 13.6. The first kappa shape index (κ1) is 15.3. The van der Waals surface area contributed by atoms with Gasteiger partial charge >= 0.3 is 0 Å². The monoisotopic (exact) mass is 330 g/mol. The Balaban J connectivity index is 2.42. The van der Waals surface area contributed by atoms with Crippen LogP contribution in [0.5, 0.6) is 0 Å². The number of hydrogen-bond acceptors (Lipinski definition) is 4. The van der Waals surface area contributed by atoms with Gasteiger partial charge in [0.25, 0.3) is 0 Å². The van der Waals surface area contributed by atoms with Crippen LogP contribution >= 0.6 is 22.9 Å². The second kappa shape index (κ2) is 5.73. The van der Waals surface area contributed by atoms with E-state index in [4.69, 9.17) is 17.3 Å². The molecule has 0 spiro atoms. The summed E-state index contributed by atoms with van der Waals surface area (Å²) in [6.07, 6.45) is 0. The summed E-state index contributed by atoms with van der Waals surface area (Å²) in [5.41, 5.74) is 6.02. The molecule has 0 saturated heterocycles. The molecule has 2 aromatic rings. The van der Waals surface area contributed by atoms with E-state index in [-0.39, 0.29) is 16.0 Å². The van der Waals surface area contributed by atoms with Gasteiger partial charge in [0, 0.05) is 17.6 Å². The van der Waals surface area contributed by atoms with Gasteiger partial charge in [-0.3, -0.25) is 0 Å². The average molecular weight is 331 g/mol. The highest BCUT2D eigenvalue weighted by molar-refractivity contribution is 7.89. The van der Waals surface area contributed by atoms with Gasteiger partial charge in [0.2, 0.25) is 10.0 Å². The Kier molecular flexibility index (Phi) is 4.39. The van der Waals surface area contributed by atoms with Crippen LogP contribution in [-0.2, 0) is 10.0 Å². The third-order valence-electron chi connectivity index (χ3n) is 3.11. The number of nitrogens with two attached hydrogens (primary N) is 1. The topological polar surface area (TPSA) is 63.4 Å². The fourth-order valence-electron chi connectivity index (χ4n) is 1.79. The molecule has 0 bridgehead atoms. The van der Waals surface area contributed by atoms with Crippen LogP contribution in [0.3, 0.4) is 0 Å². The van der Waals surface area contributed by atoms with Gasteiger partial charge in [-0.2, -0.15) is 4.31 Å². The van der Waals surface area contributed by atoms with Crippen molar-refractivity contribution in [1.29, 1.82) is 0 Å². The van der Waals surface area contributed by atoms with Crippen molar-refractivity contribution in [2.45, 2.75) is 17.9 Å². The summed E-state index contributed by atoms with van der Waals surface area (Å²) in [6.45, 7) is 1.84. The van der Waals surface area contributed by atoms with E-state index in [2.05, 4.69) is 0 Å². The molecule has 1 unspecified atom stereocenters. The number of nitrogen functional groups attached to an aromatic ring is 1. The summed E-state index contributed by atoms with van der Waals surface area (Å²) in [5.74, 6) is 0. The molecule has 0 aliphatic rings. The lowest BCUT2D eigenvalue weighted by atomic mass is 10.3. The van der Waals surface area contributed by atoms with Gasteiger partial charge < -0.3 is 5.73 Å². The second-order valence-electron chi connectivity index (χ2n) is 4.40. The number of benzene rings is 1. The molecule has 0 aliphatic heterocycles. The molecule has 0 fully saturated rings. The van der Waals surface area contributed by atoms with Crippen LogP contribution in [0.4, 0.5) is 5.69 Å². The first-order chi connectivity index (χ1) is 9.34. The number of halogens is 1. The Morgan fingerprint density at radius 2 is 2.05 bits per heavy atom. The summed E-state index contributed by atoms with van der Waals surface area (Å²) in [5, 5.41) is 2.09. The summed E-state index contributed by atoms with van der Waals surface area (Å²) in [7, 11) is -2.15. The molecule has 1 aromatic carbocycles. The molecule has 4 nitrogen and oxygen atoms in total. The van der Waals surface area contributed by atoms with E-state index < -0.39 is 10.0 Å². The lowest BCUT2D eigenvalue weighted by Crippen LogP contribution is -2.29. The summed E-state index contributed by atoms with van der Waals surface area (Å²) < 4.78 is 26.6. The molecule has 2 N–H and O–H groups in total. The highest BCUT2D eigenvalue weighted by Gasteiger charge is 2.28. The van der Waals surface area contributed by atoms with E-state index in [0.717, 1.165) is 4.88 Å². The average Bonchev–Trinajstić information content (AvgIpc) is 2.93. The predicted molar refractivity (Wildman–Crippen MR) is 83.5 cm³/mol. The molecule has 20 heavy (non-hydrogen) atoms. The maximum Gasteiger partial charge on any atom is 0.244 e. The van der Waals surface area contributed by atoms with E-state index in [1.54, 1.807) is 13.1 Å². The van der Waals surface area contributed by atoms with Crippen molar-refractivity contribution in [3.8, 4) is 0 Å². The maximum absolute atomic E-state index is 12.6. The summed E-state index contributed by atoms with van der Waals surface area (Å²) in [4.78, 5) is 1.00. The SMILES string of the molecule is CC(c1cccs1)N(C)S(=O)(=O)c1cc(N)ccc1Cl. The zero-order valence-corrected chi connectivity index (χ0v) is 13.5. The van der Waals surface area contributed by atoms with Crippen LogP contribution in [-0.4, -0.2) is 19.8 Å². The zero-order chi connectivity index (χ0) is 14.9. The highest BCUT2D eigenvalue weighted by Crippen LogP contribution is 2.32. The third kappa shape index (κ3) is 2.83. The van der Waals surface area contributed by atoms with Gasteiger partial charge in [-0.15, -0.1) is 11.3 Å². The van der Waals surface area contributed by atoms with E-state index >= 15 is 0 Å². The van der Waals surface area contributed by atoms with Crippen LogP contribution < -0.4 is 5.73 Å². The van der Waals surface area contributed by atoms with Crippen molar-refractivity contribution in [3.63, 3.8) is 0 Å². The minimum atomic E-state index is -3.69. The Morgan fingerprint density at radius 3 is 2.65 bits per heavy atom. The third-order valence-corrected chi connectivity index (χ3v) is 6.56. The largest absolute Gasteiger partial charge is 0.399 e. The van der Waals surface area contributed by atoms with Crippen molar-refractivity contribution in [3.05, 3.63) is 45.6 Å². The second-order valence-corrected chi connectivity index (χ2v) is 7.75. The van der Waals surface area contributed by atoms with Crippen molar-refractivity contribution in [2.75, 3.05) is 12.8 Å². The Hall–Kier alpha value is -1.08. The smallest absolute Gasteiger partial charge is 0.244 e. The van der Waals surface area contributed by atoms with E-state index in [1.165, 1.54) is 27.8 Å². The van der Waals surface area contributed by atoms with Gasteiger partial charge in [-0.25, -0.2) is 8.42 Å². The van der Waals surface area contributed by atoms with Gasteiger partial charge in [0.15, 0.2) is 0 Å².